The van der Waals surface area contributed by atoms with Gasteiger partial charge >= 0.3 is 0 Å². The summed E-state index contributed by atoms with van der Waals surface area (Å²) in [6.07, 6.45) is 2.96. The van der Waals surface area contributed by atoms with Gasteiger partial charge in [0.15, 0.2) is 11.6 Å². The van der Waals surface area contributed by atoms with Crippen LogP contribution < -0.4 is 4.74 Å². The third-order valence-electron chi connectivity index (χ3n) is 3.50. The highest BCUT2D eigenvalue weighted by molar-refractivity contribution is 5.49. The van der Waals surface area contributed by atoms with E-state index in [1.807, 2.05) is 0 Å². The first-order chi connectivity index (χ1) is 12.7. The van der Waals surface area contributed by atoms with E-state index < -0.39 is 17.4 Å². The molecule has 0 unspecified atom stereocenters. The van der Waals surface area contributed by atoms with Crippen molar-refractivity contribution in [3.8, 4) is 5.75 Å². The van der Waals surface area contributed by atoms with E-state index in [0.717, 1.165) is 0 Å². The highest BCUT2D eigenvalue weighted by Gasteiger charge is 2.15. The summed E-state index contributed by atoms with van der Waals surface area (Å²) in [5.74, 6) is -2.83. The van der Waals surface area contributed by atoms with Crippen molar-refractivity contribution in [1.82, 2.24) is 0 Å². The van der Waals surface area contributed by atoms with E-state index in [0.29, 0.717) is 16.9 Å². The Morgan fingerprint density at radius 3 is 2.33 bits per heavy atom. The molecule has 0 radical (unpaired) electrons. The largest absolute Gasteiger partial charge is 0.491 e. The van der Waals surface area contributed by atoms with E-state index in [1.54, 1.807) is 26.0 Å². The number of halogens is 3. The van der Waals surface area contributed by atoms with Crippen molar-refractivity contribution in [3.05, 3.63) is 102 Å². The molecule has 1 aromatic rings. The van der Waals surface area contributed by atoms with Crippen LogP contribution in [-0.4, -0.2) is 13.2 Å². The first-order valence-corrected chi connectivity index (χ1v) is 8.18. The second-order valence-corrected chi connectivity index (χ2v) is 5.68. The summed E-state index contributed by atoms with van der Waals surface area (Å²) in [4.78, 5) is 0. The van der Waals surface area contributed by atoms with Gasteiger partial charge in [-0.2, -0.15) is 4.39 Å². The maximum Gasteiger partial charge on any atom is 0.200 e. The number of benzene rings is 1. The Balaban J connectivity index is 2.66. The molecule has 0 fully saturated rings. The first kappa shape index (κ1) is 22.1. The van der Waals surface area contributed by atoms with Gasteiger partial charge in [-0.3, -0.25) is 0 Å². The minimum Gasteiger partial charge on any atom is -0.491 e. The molecule has 0 aliphatic heterocycles. The second-order valence-electron chi connectivity index (χ2n) is 5.68. The molecule has 0 spiro atoms. The fourth-order valence-electron chi connectivity index (χ4n) is 1.84. The molecule has 27 heavy (non-hydrogen) atoms. The molecule has 5 heteroatoms. The Bertz CT molecular complexity index is 817. The molecule has 1 rings (SSSR count). The van der Waals surface area contributed by atoms with E-state index in [1.165, 1.54) is 18.2 Å². The lowest BCUT2D eigenvalue weighted by Crippen LogP contribution is -1.99. The van der Waals surface area contributed by atoms with Crippen molar-refractivity contribution in [1.29, 1.82) is 0 Å². The molecule has 0 atom stereocenters. The van der Waals surface area contributed by atoms with Crippen molar-refractivity contribution in [2.75, 3.05) is 13.2 Å². The second kappa shape index (κ2) is 10.3. The minimum atomic E-state index is -1.22. The zero-order valence-corrected chi connectivity index (χ0v) is 15.6. The van der Waals surface area contributed by atoms with Crippen molar-refractivity contribution in [3.63, 3.8) is 0 Å². The van der Waals surface area contributed by atoms with Gasteiger partial charge in [0.25, 0.3) is 0 Å². The lowest BCUT2D eigenvalue weighted by atomic mass is 10.1. The highest BCUT2D eigenvalue weighted by Crippen LogP contribution is 2.27. The third-order valence-corrected chi connectivity index (χ3v) is 3.50. The normalized spacial score (nSPS) is 11.7. The van der Waals surface area contributed by atoms with Crippen molar-refractivity contribution >= 4 is 0 Å². The highest BCUT2D eigenvalue weighted by atomic mass is 19.2. The maximum atomic E-state index is 14.1. The Hall–Kier alpha value is -2.95. The summed E-state index contributed by atoms with van der Waals surface area (Å²) in [6, 6.07) is 4.53. The number of hydrogen-bond acceptors (Lipinski definition) is 2. The van der Waals surface area contributed by atoms with Crippen LogP contribution in [0.25, 0.3) is 0 Å². The van der Waals surface area contributed by atoms with Crippen molar-refractivity contribution in [2.45, 2.75) is 13.8 Å². The van der Waals surface area contributed by atoms with Gasteiger partial charge in [-0.1, -0.05) is 44.5 Å². The zero-order valence-electron chi connectivity index (χ0n) is 15.6. The lowest BCUT2D eigenvalue weighted by Gasteiger charge is -2.09. The van der Waals surface area contributed by atoms with Crippen LogP contribution in [0.15, 0.2) is 90.8 Å². The van der Waals surface area contributed by atoms with Crippen LogP contribution in [0.2, 0.25) is 0 Å². The first-order valence-electron chi connectivity index (χ1n) is 8.18. The molecule has 0 saturated heterocycles. The maximum absolute atomic E-state index is 14.1. The van der Waals surface area contributed by atoms with Crippen molar-refractivity contribution < 1.29 is 22.6 Å². The molecular formula is C22H23F3O2. The fourth-order valence-corrected chi connectivity index (χ4v) is 1.84. The lowest BCUT2D eigenvalue weighted by molar-refractivity contribution is 0.224. The van der Waals surface area contributed by atoms with E-state index in [4.69, 9.17) is 9.47 Å². The van der Waals surface area contributed by atoms with E-state index in [9.17, 15) is 13.2 Å². The quantitative estimate of drug-likeness (QED) is 0.346. The van der Waals surface area contributed by atoms with Gasteiger partial charge in [0.1, 0.15) is 18.2 Å². The average molecular weight is 376 g/mol. The molecular weight excluding hydrogens is 353 g/mol. The predicted octanol–water partition coefficient (Wildman–Crippen LogP) is 6.44. The summed E-state index contributed by atoms with van der Waals surface area (Å²) in [7, 11) is 0. The summed E-state index contributed by atoms with van der Waals surface area (Å²) < 4.78 is 51.6. The Morgan fingerprint density at radius 1 is 1.07 bits per heavy atom. The summed E-state index contributed by atoms with van der Waals surface area (Å²) >= 11 is 0. The Kier molecular flexibility index (Phi) is 8.39. The fraction of sp³-hybridized carbons (Fsp3) is 0.182. The third kappa shape index (κ3) is 6.70. The van der Waals surface area contributed by atoms with Crippen LogP contribution in [0.1, 0.15) is 12.5 Å². The average Bonchev–Trinajstić information content (AvgIpc) is 2.65. The van der Waals surface area contributed by atoms with Crippen LogP contribution in [0.5, 0.6) is 5.75 Å². The predicted molar refractivity (Wildman–Crippen MR) is 103 cm³/mol. The molecule has 2 nitrogen and oxygen atoms in total. The molecule has 0 N–H and O–H groups in total. The van der Waals surface area contributed by atoms with E-state index in [-0.39, 0.29) is 30.2 Å². The number of allylic oxidation sites excluding steroid dienone is 5. The van der Waals surface area contributed by atoms with Crippen LogP contribution in [-0.2, 0) is 4.74 Å². The number of hydrogen-bond donors (Lipinski definition) is 0. The Labute approximate surface area is 158 Å². The number of ether oxygens (including phenoxy) is 2. The van der Waals surface area contributed by atoms with E-state index in [2.05, 4.69) is 26.3 Å². The molecule has 0 saturated carbocycles. The molecule has 0 aliphatic rings. The summed E-state index contributed by atoms with van der Waals surface area (Å²) in [5, 5.41) is 0. The zero-order chi connectivity index (χ0) is 20.6. The van der Waals surface area contributed by atoms with Crippen LogP contribution >= 0.6 is 0 Å². The van der Waals surface area contributed by atoms with Gasteiger partial charge in [-0.05, 0) is 36.6 Å². The molecule has 0 aliphatic carbocycles. The molecule has 0 bridgehead atoms. The van der Waals surface area contributed by atoms with Gasteiger partial charge in [0.2, 0.25) is 5.83 Å². The number of aryl methyl sites for hydroxylation is 1. The van der Waals surface area contributed by atoms with E-state index >= 15 is 0 Å². The standard InChI is InChI=1S/C22H23F3O2/c1-7-26-18(6)22(25)21(24)17(5)15(3)9-8-14(2)13-27-19-11-10-16(4)20(23)12-19/h8-12H,2-3,5-7,13H2,1,4H3/b9-8-,22-21-. The topological polar surface area (TPSA) is 18.5 Å². The summed E-state index contributed by atoms with van der Waals surface area (Å²) in [6.45, 7) is 17.8. The summed E-state index contributed by atoms with van der Waals surface area (Å²) in [5.41, 5.74) is 0.951. The van der Waals surface area contributed by atoms with Gasteiger partial charge in [0, 0.05) is 11.6 Å². The molecule has 1 aromatic carbocycles. The van der Waals surface area contributed by atoms with Crippen LogP contribution in [0.4, 0.5) is 13.2 Å². The van der Waals surface area contributed by atoms with Crippen molar-refractivity contribution in [2.24, 2.45) is 0 Å². The monoisotopic (exact) mass is 376 g/mol. The minimum absolute atomic E-state index is 0.0899. The van der Waals surface area contributed by atoms with Gasteiger partial charge in [-0.15, -0.1) is 0 Å². The smallest absolute Gasteiger partial charge is 0.200 e. The molecule has 0 amide bonds. The SMILES string of the molecule is C=C(/C=C\C(=C)C(=C)/C(F)=C(/F)C(=C)OCC)COc1ccc(C)c(F)c1. The number of rotatable bonds is 10. The van der Waals surface area contributed by atoms with Crippen LogP contribution in [0.3, 0.4) is 0 Å². The van der Waals surface area contributed by atoms with Gasteiger partial charge in [0.05, 0.1) is 6.61 Å². The van der Waals surface area contributed by atoms with Crippen LogP contribution in [0, 0.1) is 12.7 Å². The Morgan fingerprint density at radius 2 is 1.74 bits per heavy atom. The molecule has 0 aromatic heterocycles. The van der Waals surface area contributed by atoms with Gasteiger partial charge in [-0.25, -0.2) is 8.78 Å². The molecule has 0 heterocycles. The van der Waals surface area contributed by atoms with Gasteiger partial charge < -0.3 is 9.47 Å². The molecule has 144 valence electrons.